The van der Waals surface area contributed by atoms with Crippen molar-refractivity contribution in [3.8, 4) is 0 Å². The van der Waals surface area contributed by atoms with Crippen LogP contribution in [0.15, 0.2) is 28.7 Å². The molecule has 0 bridgehead atoms. The molecule has 0 fully saturated rings. The van der Waals surface area contributed by atoms with Gasteiger partial charge in [0.25, 0.3) is 0 Å². The predicted octanol–water partition coefficient (Wildman–Crippen LogP) is 2.76. The van der Waals surface area contributed by atoms with Crippen LogP contribution in [-0.2, 0) is 24.1 Å². The largest absolute Gasteiger partial charge is 0.481 e. The molecule has 2 aromatic rings. The van der Waals surface area contributed by atoms with Gasteiger partial charge in [0.15, 0.2) is 5.89 Å². The van der Waals surface area contributed by atoms with Crippen molar-refractivity contribution in [2.24, 2.45) is 5.92 Å². The molecule has 1 aliphatic carbocycles. The van der Waals surface area contributed by atoms with Crippen molar-refractivity contribution in [1.29, 1.82) is 0 Å². The third-order valence-corrected chi connectivity index (χ3v) is 3.77. The van der Waals surface area contributed by atoms with Gasteiger partial charge in [-0.1, -0.05) is 29.8 Å². The van der Waals surface area contributed by atoms with Crippen molar-refractivity contribution >= 4 is 5.97 Å². The molecule has 0 saturated heterocycles. The fourth-order valence-corrected chi connectivity index (χ4v) is 2.72. The highest BCUT2D eigenvalue weighted by Gasteiger charge is 2.28. The van der Waals surface area contributed by atoms with Crippen molar-refractivity contribution in [3.05, 3.63) is 52.7 Å². The van der Waals surface area contributed by atoms with Crippen molar-refractivity contribution in [3.63, 3.8) is 0 Å². The minimum absolute atomic E-state index is 0.320. The number of aryl methyl sites for hydroxylation is 2. The molecule has 1 aromatic heterocycles. The Morgan fingerprint density at radius 1 is 1.50 bits per heavy atom. The van der Waals surface area contributed by atoms with E-state index in [1.807, 2.05) is 6.07 Å². The molecule has 1 atom stereocenters. The first-order valence-corrected chi connectivity index (χ1v) is 6.87. The molecule has 104 valence electrons. The minimum Gasteiger partial charge on any atom is -0.481 e. The zero-order chi connectivity index (χ0) is 14.1. The van der Waals surface area contributed by atoms with Crippen LogP contribution in [0.5, 0.6) is 0 Å². The summed E-state index contributed by atoms with van der Waals surface area (Å²) in [6.45, 7) is 2.06. The van der Waals surface area contributed by atoms with Gasteiger partial charge in [-0.25, -0.2) is 4.98 Å². The van der Waals surface area contributed by atoms with Crippen LogP contribution in [0.4, 0.5) is 0 Å². The number of aliphatic carboxylic acids is 1. The van der Waals surface area contributed by atoms with E-state index in [1.165, 1.54) is 11.1 Å². The minimum atomic E-state index is -0.737. The number of benzene rings is 1. The van der Waals surface area contributed by atoms with E-state index >= 15 is 0 Å². The molecule has 0 spiro atoms. The van der Waals surface area contributed by atoms with Crippen LogP contribution in [-0.4, -0.2) is 16.1 Å². The maximum atomic E-state index is 11.0. The van der Waals surface area contributed by atoms with Crippen LogP contribution in [0, 0.1) is 12.8 Å². The van der Waals surface area contributed by atoms with E-state index in [-0.39, 0.29) is 5.92 Å². The summed E-state index contributed by atoms with van der Waals surface area (Å²) in [6, 6.07) is 8.25. The summed E-state index contributed by atoms with van der Waals surface area (Å²) in [4.78, 5) is 15.5. The maximum absolute atomic E-state index is 11.0. The maximum Gasteiger partial charge on any atom is 0.306 e. The average molecular weight is 271 g/mol. The number of aromatic nitrogens is 1. The monoisotopic (exact) mass is 271 g/mol. The lowest BCUT2D eigenvalue weighted by molar-refractivity contribution is -0.142. The van der Waals surface area contributed by atoms with E-state index in [0.717, 1.165) is 11.5 Å². The standard InChI is InChI=1S/C16H17NO3/c1-10-3-2-4-11(7-10)8-15-17-13-9-12(16(18)19)5-6-14(13)20-15/h2-4,7,12H,5-6,8-9H2,1H3,(H,18,19). The van der Waals surface area contributed by atoms with Crippen molar-refractivity contribution in [2.45, 2.75) is 32.6 Å². The van der Waals surface area contributed by atoms with E-state index in [1.54, 1.807) is 0 Å². The number of carbonyl (C=O) groups is 1. The second-order valence-electron chi connectivity index (χ2n) is 5.42. The van der Waals surface area contributed by atoms with Gasteiger partial charge in [-0.05, 0) is 18.9 Å². The van der Waals surface area contributed by atoms with Gasteiger partial charge in [0.1, 0.15) is 5.76 Å². The Bertz CT molecular complexity index is 645. The molecule has 1 aromatic carbocycles. The molecular formula is C16H17NO3. The number of fused-ring (bicyclic) bond motifs is 1. The topological polar surface area (TPSA) is 63.3 Å². The van der Waals surface area contributed by atoms with Crippen LogP contribution in [0.2, 0.25) is 0 Å². The number of rotatable bonds is 3. The van der Waals surface area contributed by atoms with Gasteiger partial charge in [-0.3, -0.25) is 4.79 Å². The smallest absolute Gasteiger partial charge is 0.306 e. The number of oxazole rings is 1. The van der Waals surface area contributed by atoms with E-state index < -0.39 is 5.97 Å². The molecular weight excluding hydrogens is 254 g/mol. The molecule has 4 heteroatoms. The molecule has 20 heavy (non-hydrogen) atoms. The van der Waals surface area contributed by atoms with E-state index in [4.69, 9.17) is 9.52 Å². The number of carboxylic acids is 1. The van der Waals surface area contributed by atoms with Gasteiger partial charge in [-0.15, -0.1) is 0 Å². The number of carboxylic acid groups (broad SMARTS) is 1. The molecule has 1 aliphatic rings. The molecule has 3 rings (SSSR count). The summed E-state index contributed by atoms with van der Waals surface area (Å²) in [5.41, 5.74) is 3.20. The third kappa shape index (κ3) is 2.59. The van der Waals surface area contributed by atoms with Crippen molar-refractivity contribution in [2.75, 3.05) is 0 Å². The molecule has 0 radical (unpaired) electrons. The molecule has 1 heterocycles. The predicted molar refractivity (Wildman–Crippen MR) is 73.6 cm³/mol. The summed E-state index contributed by atoms with van der Waals surface area (Å²) < 4.78 is 5.77. The summed E-state index contributed by atoms with van der Waals surface area (Å²) in [5.74, 6) is 0.495. The van der Waals surface area contributed by atoms with Crippen LogP contribution < -0.4 is 0 Å². The number of hydrogen-bond acceptors (Lipinski definition) is 3. The Morgan fingerprint density at radius 3 is 3.10 bits per heavy atom. The van der Waals surface area contributed by atoms with Crippen molar-refractivity contribution in [1.82, 2.24) is 4.98 Å². The zero-order valence-electron chi connectivity index (χ0n) is 11.4. The lowest BCUT2D eigenvalue weighted by Gasteiger charge is -2.15. The summed E-state index contributed by atoms with van der Waals surface area (Å²) in [5, 5.41) is 9.08. The highest BCUT2D eigenvalue weighted by atomic mass is 16.4. The molecule has 0 aliphatic heterocycles. The Kier molecular flexibility index (Phi) is 3.30. The Balaban J connectivity index is 1.79. The number of hydrogen-bond donors (Lipinski definition) is 1. The fourth-order valence-electron chi connectivity index (χ4n) is 2.72. The zero-order valence-corrected chi connectivity index (χ0v) is 11.4. The molecule has 1 N–H and O–H groups in total. The van der Waals surface area contributed by atoms with Gasteiger partial charge in [0.05, 0.1) is 11.6 Å². The van der Waals surface area contributed by atoms with E-state index in [9.17, 15) is 4.79 Å². The first-order valence-electron chi connectivity index (χ1n) is 6.87. The Labute approximate surface area is 117 Å². The van der Waals surface area contributed by atoms with Crippen LogP contribution in [0.25, 0.3) is 0 Å². The van der Waals surface area contributed by atoms with E-state index in [2.05, 4.69) is 30.1 Å². The lowest BCUT2D eigenvalue weighted by Crippen LogP contribution is -2.21. The van der Waals surface area contributed by atoms with Crippen LogP contribution in [0.1, 0.15) is 34.9 Å². The summed E-state index contributed by atoms with van der Waals surface area (Å²) in [6.07, 6.45) is 2.46. The fraction of sp³-hybridized carbons (Fsp3) is 0.375. The highest BCUT2D eigenvalue weighted by molar-refractivity contribution is 5.70. The summed E-state index contributed by atoms with van der Waals surface area (Å²) >= 11 is 0. The Morgan fingerprint density at radius 2 is 2.35 bits per heavy atom. The van der Waals surface area contributed by atoms with Crippen molar-refractivity contribution < 1.29 is 14.3 Å². The lowest BCUT2D eigenvalue weighted by atomic mass is 9.90. The first-order chi connectivity index (χ1) is 9.61. The normalized spacial score (nSPS) is 17.8. The molecule has 1 unspecified atom stereocenters. The first kappa shape index (κ1) is 12.9. The van der Waals surface area contributed by atoms with Gasteiger partial charge in [0, 0.05) is 19.3 Å². The second-order valence-corrected chi connectivity index (χ2v) is 5.42. The number of nitrogens with zero attached hydrogens (tertiary/aromatic N) is 1. The average Bonchev–Trinajstić information content (AvgIpc) is 2.79. The van der Waals surface area contributed by atoms with E-state index in [0.29, 0.717) is 31.6 Å². The van der Waals surface area contributed by atoms with Gasteiger partial charge < -0.3 is 9.52 Å². The van der Waals surface area contributed by atoms with Crippen LogP contribution in [0.3, 0.4) is 0 Å². The SMILES string of the molecule is Cc1cccc(Cc2nc3c(o2)CCC(C(=O)O)C3)c1. The van der Waals surface area contributed by atoms with Gasteiger partial charge in [0.2, 0.25) is 0 Å². The Hall–Kier alpha value is -2.10. The second kappa shape index (κ2) is 5.12. The van der Waals surface area contributed by atoms with Gasteiger partial charge >= 0.3 is 5.97 Å². The molecule has 0 amide bonds. The highest BCUT2D eigenvalue weighted by Crippen LogP contribution is 2.27. The quantitative estimate of drug-likeness (QED) is 0.932. The summed E-state index contributed by atoms with van der Waals surface area (Å²) in [7, 11) is 0. The molecule has 4 nitrogen and oxygen atoms in total. The van der Waals surface area contributed by atoms with Crippen LogP contribution >= 0.6 is 0 Å². The third-order valence-electron chi connectivity index (χ3n) is 3.77. The van der Waals surface area contributed by atoms with Gasteiger partial charge in [-0.2, -0.15) is 0 Å². The molecule has 0 saturated carbocycles.